The Kier molecular flexibility index (Phi) is 3.44. The van der Waals surface area contributed by atoms with E-state index in [0.29, 0.717) is 12.8 Å². The molecule has 2 bridgehead atoms. The second-order valence-corrected chi connectivity index (χ2v) is 10.2. The summed E-state index contributed by atoms with van der Waals surface area (Å²) < 4.78 is 25.3. The fraction of sp³-hybridized carbons (Fsp3) is 0.611. The third kappa shape index (κ3) is 2.46. The summed E-state index contributed by atoms with van der Waals surface area (Å²) in [5.41, 5.74) is 4.07. The predicted octanol–water partition coefficient (Wildman–Crippen LogP) is 1.45. The van der Waals surface area contributed by atoms with Crippen molar-refractivity contribution in [2.24, 2.45) is 5.92 Å². The summed E-state index contributed by atoms with van der Waals surface area (Å²) in [6, 6.07) is 2.21. The van der Waals surface area contributed by atoms with E-state index in [-0.39, 0.29) is 35.4 Å². The molecule has 3 aliphatic rings. The van der Waals surface area contributed by atoms with Crippen LogP contribution in [0.2, 0.25) is 0 Å². The van der Waals surface area contributed by atoms with Crippen molar-refractivity contribution in [3.8, 4) is 0 Å². The number of aryl methyl sites for hydroxylation is 1. The fourth-order valence-corrected chi connectivity index (χ4v) is 6.83. The molecular weight excluding hydrogens is 352 g/mol. The van der Waals surface area contributed by atoms with Gasteiger partial charge in [0.15, 0.2) is 15.5 Å². The molecule has 2 aromatic rings. The minimum atomic E-state index is -2.95. The topological polar surface area (TPSA) is 84.6 Å². The van der Waals surface area contributed by atoms with E-state index in [9.17, 15) is 13.2 Å². The van der Waals surface area contributed by atoms with Gasteiger partial charge in [0.2, 0.25) is 5.91 Å². The van der Waals surface area contributed by atoms with Gasteiger partial charge < -0.3 is 4.90 Å². The first-order valence-corrected chi connectivity index (χ1v) is 11.1. The van der Waals surface area contributed by atoms with Gasteiger partial charge >= 0.3 is 0 Å². The minimum absolute atomic E-state index is 0.0253. The van der Waals surface area contributed by atoms with Crippen LogP contribution in [0.25, 0.3) is 5.65 Å². The van der Waals surface area contributed by atoms with Gasteiger partial charge in [-0.2, -0.15) is 5.10 Å². The number of hydrogen-bond acceptors (Lipinski definition) is 5. The van der Waals surface area contributed by atoms with E-state index in [4.69, 9.17) is 0 Å². The molecule has 0 saturated carbocycles. The lowest BCUT2D eigenvalue weighted by Gasteiger charge is -2.36. The molecule has 7 nitrogen and oxygen atoms in total. The summed E-state index contributed by atoms with van der Waals surface area (Å²) in [6.07, 6.45) is 5.58. The van der Waals surface area contributed by atoms with Crippen molar-refractivity contribution in [2.75, 3.05) is 11.5 Å². The number of aromatic nitrogens is 3. The zero-order valence-corrected chi connectivity index (χ0v) is 15.6. The highest BCUT2D eigenvalue weighted by Crippen LogP contribution is 2.44. The van der Waals surface area contributed by atoms with E-state index in [2.05, 4.69) is 10.1 Å². The number of sulfone groups is 1. The van der Waals surface area contributed by atoms with Crippen LogP contribution in [0.1, 0.15) is 48.7 Å². The molecule has 138 valence electrons. The number of nitrogens with zero attached hydrogens (tertiary/aromatic N) is 4. The second kappa shape index (κ2) is 5.52. The summed E-state index contributed by atoms with van der Waals surface area (Å²) in [5.74, 6) is 0.457. The monoisotopic (exact) mass is 374 g/mol. The number of amides is 1. The van der Waals surface area contributed by atoms with Crippen molar-refractivity contribution in [3.05, 3.63) is 29.2 Å². The first-order valence-electron chi connectivity index (χ1n) is 9.27. The molecule has 2 aromatic heterocycles. The van der Waals surface area contributed by atoms with Crippen molar-refractivity contribution < 1.29 is 13.2 Å². The van der Waals surface area contributed by atoms with Crippen molar-refractivity contribution in [1.82, 2.24) is 19.5 Å². The first kappa shape index (κ1) is 16.2. The second-order valence-electron chi connectivity index (χ2n) is 7.94. The first-order chi connectivity index (χ1) is 12.4. The Morgan fingerprint density at radius 2 is 2.15 bits per heavy atom. The van der Waals surface area contributed by atoms with Gasteiger partial charge in [0.1, 0.15) is 0 Å². The molecule has 0 unspecified atom stereocenters. The van der Waals surface area contributed by atoms with Gasteiger partial charge in [-0.15, -0.1) is 0 Å². The van der Waals surface area contributed by atoms with Crippen LogP contribution in [-0.2, 0) is 21.1 Å². The van der Waals surface area contributed by atoms with Crippen LogP contribution in [-0.4, -0.2) is 51.4 Å². The molecule has 2 fully saturated rings. The summed E-state index contributed by atoms with van der Waals surface area (Å²) in [4.78, 5) is 19.5. The predicted molar refractivity (Wildman–Crippen MR) is 95.4 cm³/mol. The fourth-order valence-electron chi connectivity index (χ4n) is 4.97. The Bertz CT molecular complexity index is 1010. The molecule has 3 atom stereocenters. The Labute approximate surface area is 152 Å². The normalized spacial score (nSPS) is 29.3. The van der Waals surface area contributed by atoms with Gasteiger partial charge in [-0.3, -0.25) is 4.79 Å². The van der Waals surface area contributed by atoms with Gasteiger partial charge in [0, 0.05) is 36.7 Å². The van der Waals surface area contributed by atoms with Crippen molar-refractivity contribution in [1.29, 1.82) is 0 Å². The number of rotatable bonds is 2. The van der Waals surface area contributed by atoms with E-state index in [0.717, 1.165) is 36.2 Å². The van der Waals surface area contributed by atoms with E-state index in [1.54, 1.807) is 0 Å². The molecule has 3 aliphatic heterocycles. The highest BCUT2D eigenvalue weighted by Gasteiger charge is 2.44. The molecule has 8 heteroatoms. The molecule has 0 N–H and O–H groups in total. The molecule has 0 radical (unpaired) electrons. The van der Waals surface area contributed by atoms with Crippen LogP contribution >= 0.6 is 0 Å². The van der Waals surface area contributed by atoms with Gasteiger partial charge in [0.25, 0.3) is 0 Å². The van der Waals surface area contributed by atoms with Crippen LogP contribution < -0.4 is 0 Å². The largest absolute Gasteiger partial charge is 0.332 e. The maximum atomic E-state index is 13.0. The summed E-state index contributed by atoms with van der Waals surface area (Å²) >= 11 is 0. The lowest BCUT2D eigenvalue weighted by molar-refractivity contribution is -0.135. The molecule has 0 spiro atoms. The standard InChI is InChI=1S/C18H22N4O3S/c1-11-6-17-19-9-14-15-3-2-13(8-16(14)22(17)20-11)21(15)18(23)7-12-4-5-26(24,25)10-12/h6,9,12-13,15H,2-5,7-8,10H2,1H3/t12-,13-,15-/m1/s1. The lowest BCUT2D eigenvalue weighted by atomic mass is 9.97. The minimum Gasteiger partial charge on any atom is -0.332 e. The molecule has 0 aliphatic carbocycles. The number of hydrogen-bond donors (Lipinski definition) is 0. The molecule has 5 rings (SSSR count). The quantitative estimate of drug-likeness (QED) is 0.794. The third-order valence-corrected chi connectivity index (χ3v) is 7.94. The Balaban J connectivity index is 1.44. The number of fused-ring (bicyclic) bond motifs is 6. The molecule has 0 aromatic carbocycles. The Morgan fingerprint density at radius 1 is 1.31 bits per heavy atom. The van der Waals surface area contributed by atoms with Gasteiger partial charge in [-0.05, 0) is 32.1 Å². The Morgan fingerprint density at radius 3 is 2.92 bits per heavy atom. The lowest BCUT2D eigenvalue weighted by Crippen LogP contribution is -2.43. The zero-order chi connectivity index (χ0) is 18.1. The van der Waals surface area contributed by atoms with E-state index in [1.807, 2.05) is 28.6 Å². The average molecular weight is 374 g/mol. The van der Waals surface area contributed by atoms with Crippen LogP contribution in [0, 0.1) is 12.8 Å². The SMILES string of the molecule is Cc1cc2ncc3c(n2n1)C[C@H]1CC[C@H]3N1C(=O)C[C@H]1CCS(=O)(=O)C1. The van der Waals surface area contributed by atoms with Crippen molar-refractivity contribution >= 4 is 21.4 Å². The van der Waals surface area contributed by atoms with E-state index in [1.165, 1.54) is 5.69 Å². The molecule has 1 amide bonds. The summed E-state index contributed by atoms with van der Waals surface area (Å²) in [7, 11) is -2.95. The van der Waals surface area contributed by atoms with Gasteiger partial charge in [-0.1, -0.05) is 0 Å². The van der Waals surface area contributed by atoms with Crippen LogP contribution in [0.4, 0.5) is 0 Å². The van der Waals surface area contributed by atoms with Gasteiger partial charge in [-0.25, -0.2) is 17.9 Å². The van der Waals surface area contributed by atoms with Gasteiger partial charge in [0.05, 0.1) is 28.9 Å². The van der Waals surface area contributed by atoms with E-state index < -0.39 is 9.84 Å². The molecular formula is C18H22N4O3S. The maximum absolute atomic E-state index is 13.0. The highest BCUT2D eigenvalue weighted by molar-refractivity contribution is 7.91. The molecule has 2 saturated heterocycles. The van der Waals surface area contributed by atoms with Crippen LogP contribution in [0.15, 0.2) is 12.3 Å². The highest BCUT2D eigenvalue weighted by atomic mass is 32.2. The zero-order valence-electron chi connectivity index (χ0n) is 14.8. The summed E-state index contributed by atoms with van der Waals surface area (Å²) in [5, 5.41) is 4.58. The molecule has 5 heterocycles. The molecule has 26 heavy (non-hydrogen) atoms. The van der Waals surface area contributed by atoms with Crippen molar-refractivity contribution in [3.63, 3.8) is 0 Å². The number of carbonyl (C=O) groups excluding carboxylic acids is 1. The maximum Gasteiger partial charge on any atom is 0.223 e. The van der Waals surface area contributed by atoms with Crippen LogP contribution in [0.5, 0.6) is 0 Å². The van der Waals surface area contributed by atoms with Crippen LogP contribution in [0.3, 0.4) is 0 Å². The Hall–Kier alpha value is -1.96. The third-order valence-electron chi connectivity index (χ3n) is 6.11. The summed E-state index contributed by atoms with van der Waals surface area (Å²) in [6.45, 7) is 1.96. The smallest absolute Gasteiger partial charge is 0.223 e. The van der Waals surface area contributed by atoms with E-state index >= 15 is 0 Å². The number of carbonyl (C=O) groups is 1. The average Bonchev–Trinajstić information content (AvgIpc) is 3.22. The van der Waals surface area contributed by atoms with Crippen molar-refractivity contribution in [2.45, 2.75) is 51.1 Å².